The summed E-state index contributed by atoms with van der Waals surface area (Å²) in [7, 11) is 0. The number of carbonyl (C=O) groups is 3. The second-order valence-corrected chi connectivity index (χ2v) is 9.16. The van der Waals surface area contributed by atoms with Gasteiger partial charge in [0.25, 0.3) is 5.91 Å². The van der Waals surface area contributed by atoms with Crippen LogP contribution >= 0.6 is 11.6 Å². The summed E-state index contributed by atoms with van der Waals surface area (Å²) in [5.74, 6) is -0.415. The molecule has 2 heterocycles. The van der Waals surface area contributed by atoms with Crippen molar-refractivity contribution in [1.29, 1.82) is 0 Å². The minimum absolute atomic E-state index is 0.112. The normalized spacial score (nSPS) is 16.9. The van der Waals surface area contributed by atoms with E-state index in [9.17, 15) is 14.4 Å². The monoisotopic (exact) mass is 504 g/mol. The van der Waals surface area contributed by atoms with Crippen molar-refractivity contribution in [2.75, 3.05) is 30.5 Å². The maximum Gasteiger partial charge on any atom is 0.322 e. The fourth-order valence-electron chi connectivity index (χ4n) is 4.38. The number of benzene rings is 3. The van der Waals surface area contributed by atoms with Crippen LogP contribution in [0.5, 0.6) is 0 Å². The van der Waals surface area contributed by atoms with Crippen LogP contribution in [-0.4, -0.2) is 53.6 Å². The maximum atomic E-state index is 13.4. The highest BCUT2D eigenvalue weighted by atomic mass is 35.5. The number of hydrogen-bond donors (Lipinski definition) is 2. The van der Waals surface area contributed by atoms with Gasteiger partial charge in [-0.2, -0.15) is 0 Å². The number of anilines is 2. The molecule has 8 nitrogen and oxygen atoms in total. The average Bonchev–Trinajstić information content (AvgIpc) is 3.44. The second-order valence-electron chi connectivity index (χ2n) is 8.73. The van der Waals surface area contributed by atoms with E-state index in [2.05, 4.69) is 10.6 Å². The highest BCUT2D eigenvalue weighted by Crippen LogP contribution is 2.26. The molecule has 36 heavy (non-hydrogen) atoms. The zero-order valence-corrected chi connectivity index (χ0v) is 20.2. The molecule has 1 fully saturated rings. The molecule has 5 rings (SSSR count). The number of hydrogen-bond acceptors (Lipinski definition) is 4. The molecule has 2 aliphatic heterocycles. The Bertz CT molecular complexity index is 1270. The third-order valence-electron chi connectivity index (χ3n) is 6.35. The van der Waals surface area contributed by atoms with Gasteiger partial charge in [0, 0.05) is 41.5 Å². The molecule has 0 aliphatic carbocycles. The van der Waals surface area contributed by atoms with Crippen molar-refractivity contribution in [2.24, 2.45) is 0 Å². The number of nitrogens with zero attached hydrogens (tertiary/aromatic N) is 2. The molecule has 1 saturated heterocycles. The summed E-state index contributed by atoms with van der Waals surface area (Å²) in [4.78, 5) is 42.3. The summed E-state index contributed by atoms with van der Waals surface area (Å²) in [6.45, 7) is 1.69. The number of halogens is 1. The summed E-state index contributed by atoms with van der Waals surface area (Å²) in [6.07, 6.45) is 0.390. The molecular weight excluding hydrogens is 480 g/mol. The van der Waals surface area contributed by atoms with Crippen molar-refractivity contribution in [3.8, 4) is 0 Å². The number of carbonyl (C=O) groups excluding carboxylic acids is 3. The second kappa shape index (κ2) is 10.4. The standard InChI is InChI=1S/C27H25ClN4O4/c28-21-7-11-23(12-8-21)30-27(35)32-16-20-4-2-1-3-19(20)15-24(32)25(33)29-22-9-5-18(6-10-22)26(34)31-13-14-36-17-31/h1-12,24H,13-17H2,(H,29,33)(H,30,35). The van der Waals surface area contributed by atoms with Crippen LogP contribution in [-0.2, 0) is 22.5 Å². The fraction of sp³-hybridized carbons (Fsp3) is 0.222. The van der Waals surface area contributed by atoms with E-state index >= 15 is 0 Å². The van der Waals surface area contributed by atoms with Crippen LogP contribution in [0.15, 0.2) is 72.8 Å². The summed E-state index contributed by atoms with van der Waals surface area (Å²) >= 11 is 5.95. The molecule has 4 amide bonds. The zero-order valence-electron chi connectivity index (χ0n) is 19.4. The first-order valence-corrected chi connectivity index (χ1v) is 12.0. The molecule has 1 atom stereocenters. The van der Waals surface area contributed by atoms with Crippen LogP contribution < -0.4 is 10.6 Å². The van der Waals surface area contributed by atoms with Gasteiger partial charge in [-0.15, -0.1) is 0 Å². The predicted molar refractivity (Wildman–Crippen MR) is 137 cm³/mol. The van der Waals surface area contributed by atoms with Gasteiger partial charge in [-0.25, -0.2) is 4.79 Å². The quantitative estimate of drug-likeness (QED) is 0.552. The number of urea groups is 1. The van der Waals surface area contributed by atoms with Gasteiger partial charge in [-0.1, -0.05) is 35.9 Å². The lowest BCUT2D eigenvalue weighted by molar-refractivity contribution is -0.120. The van der Waals surface area contributed by atoms with Gasteiger partial charge >= 0.3 is 6.03 Å². The van der Waals surface area contributed by atoms with Crippen molar-refractivity contribution in [3.05, 3.63) is 94.5 Å². The van der Waals surface area contributed by atoms with Gasteiger partial charge in [-0.3, -0.25) is 9.59 Å². The van der Waals surface area contributed by atoms with Crippen LogP contribution in [0.4, 0.5) is 16.2 Å². The van der Waals surface area contributed by atoms with Crippen LogP contribution in [0.1, 0.15) is 21.5 Å². The Kier molecular flexibility index (Phi) is 6.88. The Morgan fingerprint density at radius 2 is 1.53 bits per heavy atom. The summed E-state index contributed by atoms with van der Waals surface area (Å²) in [5, 5.41) is 6.34. The van der Waals surface area contributed by atoms with Crippen LogP contribution in [0, 0.1) is 0 Å². The lowest BCUT2D eigenvalue weighted by Gasteiger charge is -2.36. The third kappa shape index (κ3) is 5.19. The van der Waals surface area contributed by atoms with Crippen molar-refractivity contribution >= 4 is 40.8 Å². The molecule has 0 saturated carbocycles. The Labute approximate surface area is 213 Å². The lowest BCUT2D eigenvalue weighted by Crippen LogP contribution is -2.52. The van der Waals surface area contributed by atoms with Crippen molar-refractivity contribution in [1.82, 2.24) is 9.80 Å². The molecule has 2 aliphatic rings. The van der Waals surface area contributed by atoms with E-state index in [1.807, 2.05) is 24.3 Å². The lowest BCUT2D eigenvalue weighted by atomic mass is 9.93. The van der Waals surface area contributed by atoms with Crippen LogP contribution in [0.25, 0.3) is 0 Å². The first kappa shape index (κ1) is 23.8. The predicted octanol–water partition coefficient (Wildman–Crippen LogP) is 4.37. The van der Waals surface area contributed by atoms with Gasteiger partial charge in [0.2, 0.25) is 5.91 Å². The van der Waals surface area contributed by atoms with E-state index < -0.39 is 6.04 Å². The largest absolute Gasteiger partial charge is 0.359 e. The average molecular weight is 505 g/mol. The van der Waals surface area contributed by atoms with Crippen molar-refractivity contribution in [3.63, 3.8) is 0 Å². The van der Waals surface area contributed by atoms with E-state index in [4.69, 9.17) is 16.3 Å². The molecule has 0 radical (unpaired) electrons. The summed E-state index contributed by atoms with van der Waals surface area (Å²) < 4.78 is 5.25. The Morgan fingerprint density at radius 3 is 2.22 bits per heavy atom. The van der Waals surface area contributed by atoms with Gasteiger partial charge in [0.1, 0.15) is 12.8 Å². The fourth-order valence-corrected chi connectivity index (χ4v) is 4.50. The number of rotatable bonds is 4. The van der Waals surface area contributed by atoms with Gasteiger partial charge < -0.3 is 25.2 Å². The Morgan fingerprint density at radius 1 is 0.861 bits per heavy atom. The van der Waals surface area contributed by atoms with Crippen LogP contribution in [0.2, 0.25) is 5.02 Å². The Balaban J connectivity index is 1.32. The highest BCUT2D eigenvalue weighted by molar-refractivity contribution is 6.30. The van der Waals surface area contributed by atoms with E-state index in [1.165, 1.54) is 4.90 Å². The van der Waals surface area contributed by atoms with E-state index in [0.29, 0.717) is 48.1 Å². The van der Waals surface area contributed by atoms with Gasteiger partial charge in [0.05, 0.1) is 6.61 Å². The SMILES string of the molecule is O=C(Nc1ccc(C(=O)N2CCOC2)cc1)C1Cc2ccccc2CN1C(=O)Nc1ccc(Cl)cc1. The molecule has 184 valence electrons. The van der Waals surface area contributed by atoms with Crippen LogP contribution in [0.3, 0.4) is 0 Å². The minimum atomic E-state index is -0.713. The zero-order chi connectivity index (χ0) is 25.1. The maximum absolute atomic E-state index is 13.4. The van der Waals surface area contributed by atoms with Gasteiger partial charge in [0.15, 0.2) is 0 Å². The van der Waals surface area contributed by atoms with E-state index in [-0.39, 0.29) is 24.6 Å². The molecule has 3 aromatic rings. The molecule has 0 aromatic heterocycles. The highest BCUT2D eigenvalue weighted by Gasteiger charge is 2.35. The smallest absolute Gasteiger partial charge is 0.322 e. The molecule has 2 N–H and O–H groups in total. The Hall–Kier alpha value is -3.88. The first-order valence-electron chi connectivity index (χ1n) is 11.7. The topological polar surface area (TPSA) is 91.0 Å². The van der Waals surface area contributed by atoms with Gasteiger partial charge in [-0.05, 0) is 59.7 Å². The molecule has 0 spiro atoms. The first-order chi connectivity index (χ1) is 17.5. The summed E-state index contributed by atoms with van der Waals surface area (Å²) in [5.41, 5.74) is 3.69. The molecule has 1 unspecified atom stereocenters. The molecule has 3 aromatic carbocycles. The number of nitrogens with one attached hydrogen (secondary N) is 2. The molecule has 9 heteroatoms. The molecule has 0 bridgehead atoms. The molecular formula is C27H25ClN4O4. The number of fused-ring (bicyclic) bond motifs is 1. The van der Waals surface area contributed by atoms with Crippen molar-refractivity contribution < 1.29 is 19.1 Å². The van der Waals surface area contributed by atoms with E-state index in [0.717, 1.165) is 11.1 Å². The van der Waals surface area contributed by atoms with E-state index in [1.54, 1.807) is 53.4 Å². The van der Waals surface area contributed by atoms with Crippen molar-refractivity contribution in [2.45, 2.75) is 19.0 Å². The summed E-state index contributed by atoms with van der Waals surface area (Å²) in [6, 6.07) is 20.3. The third-order valence-corrected chi connectivity index (χ3v) is 6.60. The number of amides is 4. The minimum Gasteiger partial charge on any atom is -0.359 e. The number of ether oxygens (including phenoxy) is 1.